The molecule has 1 unspecified atom stereocenters. The first kappa shape index (κ1) is 16.9. The zero-order valence-electron chi connectivity index (χ0n) is 14.1. The molecule has 0 spiro atoms. The van der Waals surface area contributed by atoms with Gasteiger partial charge in [-0.15, -0.1) is 0 Å². The summed E-state index contributed by atoms with van der Waals surface area (Å²) in [5, 5.41) is 13.9. The molecule has 0 saturated carbocycles. The number of benzene rings is 1. The van der Waals surface area contributed by atoms with Crippen LogP contribution in [0.25, 0.3) is 0 Å². The van der Waals surface area contributed by atoms with Gasteiger partial charge in [-0.05, 0) is 36.1 Å². The van der Waals surface area contributed by atoms with Crippen LogP contribution >= 0.6 is 0 Å². The standard InChI is InChI=1S/C17H24N2O5/c1-22-14-9-12-3-4-17(21,13(12)10-15(14)23-2)11-18-16(20)19-5-7-24-8-6-19/h9-10,21H,3-8,11H2,1-2H3,(H,18,20). The Labute approximate surface area is 141 Å². The Morgan fingerprint density at radius 1 is 1.29 bits per heavy atom. The summed E-state index contributed by atoms with van der Waals surface area (Å²) in [6.45, 7) is 2.43. The van der Waals surface area contributed by atoms with Gasteiger partial charge in [0.1, 0.15) is 5.60 Å². The molecule has 1 aliphatic heterocycles. The molecule has 2 aliphatic rings. The van der Waals surface area contributed by atoms with Crippen LogP contribution in [0.4, 0.5) is 4.79 Å². The Balaban J connectivity index is 1.72. The third-order valence-corrected chi connectivity index (χ3v) is 4.75. The molecule has 0 bridgehead atoms. The number of aryl methyl sites for hydroxylation is 1. The summed E-state index contributed by atoms with van der Waals surface area (Å²) in [6.07, 6.45) is 1.29. The van der Waals surface area contributed by atoms with E-state index in [4.69, 9.17) is 14.2 Å². The van der Waals surface area contributed by atoms with Crippen LogP contribution < -0.4 is 14.8 Å². The highest BCUT2D eigenvalue weighted by Crippen LogP contribution is 2.42. The topological polar surface area (TPSA) is 80.3 Å². The molecule has 3 rings (SSSR count). The number of nitrogens with zero attached hydrogens (tertiary/aromatic N) is 1. The molecule has 7 nitrogen and oxygen atoms in total. The van der Waals surface area contributed by atoms with Crippen LogP contribution in [0.15, 0.2) is 12.1 Å². The van der Waals surface area contributed by atoms with Gasteiger partial charge in [0, 0.05) is 13.1 Å². The van der Waals surface area contributed by atoms with E-state index in [0.29, 0.717) is 44.2 Å². The summed E-state index contributed by atoms with van der Waals surface area (Å²) < 4.78 is 15.9. The minimum Gasteiger partial charge on any atom is -0.493 e. The summed E-state index contributed by atoms with van der Waals surface area (Å²) in [4.78, 5) is 13.9. The Kier molecular flexibility index (Phi) is 4.82. The van der Waals surface area contributed by atoms with Crippen molar-refractivity contribution < 1.29 is 24.1 Å². The highest BCUT2D eigenvalue weighted by Gasteiger charge is 2.38. The fourth-order valence-electron chi connectivity index (χ4n) is 3.32. The number of ether oxygens (including phenoxy) is 3. The predicted molar refractivity (Wildman–Crippen MR) is 87.6 cm³/mol. The van der Waals surface area contributed by atoms with E-state index in [-0.39, 0.29) is 12.6 Å². The fourth-order valence-corrected chi connectivity index (χ4v) is 3.32. The number of amides is 2. The van der Waals surface area contributed by atoms with Crippen molar-refractivity contribution in [1.82, 2.24) is 10.2 Å². The molecular formula is C17H24N2O5. The van der Waals surface area contributed by atoms with Crippen molar-refractivity contribution in [3.63, 3.8) is 0 Å². The van der Waals surface area contributed by atoms with E-state index in [0.717, 1.165) is 17.5 Å². The third-order valence-electron chi connectivity index (χ3n) is 4.75. The molecule has 2 amide bonds. The number of carbonyl (C=O) groups excluding carboxylic acids is 1. The molecule has 1 atom stereocenters. The largest absolute Gasteiger partial charge is 0.493 e. The lowest BCUT2D eigenvalue weighted by Crippen LogP contribution is -2.49. The molecule has 1 aliphatic carbocycles. The van der Waals surface area contributed by atoms with E-state index in [1.807, 2.05) is 12.1 Å². The number of methoxy groups -OCH3 is 2. The van der Waals surface area contributed by atoms with Gasteiger partial charge in [0.2, 0.25) is 0 Å². The number of carbonyl (C=O) groups is 1. The smallest absolute Gasteiger partial charge is 0.317 e. The Bertz CT molecular complexity index is 615. The van der Waals surface area contributed by atoms with Crippen LogP contribution in [-0.2, 0) is 16.8 Å². The Morgan fingerprint density at radius 3 is 2.62 bits per heavy atom. The van der Waals surface area contributed by atoms with Gasteiger partial charge in [0.05, 0.1) is 34.0 Å². The summed E-state index contributed by atoms with van der Waals surface area (Å²) in [6, 6.07) is 3.54. The molecule has 1 aromatic carbocycles. The normalized spacial score (nSPS) is 22.9. The fraction of sp³-hybridized carbons (Fsp3) is 0.588. The van der Waals surface area contributed by atoms with Crippen molar-refractivity contribution in [2.75, 3.05) is 47.1 Å². The van der Waals surface area contributed by atoms with Crippen molar-refractivity contribution in [2.24, 2.45) is 0 Å². The summed E-state index contributed by atoms with van der Waals surface area (Å²) in [5.41, 5.74) is 0.731. The van der Waals surface area contributed by atoms with Crippen LogP contribution in [0.2, 0.25) is 0 Å². The number of fused-ring (bicyclic) bond motifs is 1. The first-order valence-electron chi connectivity index (χ1n) is 8.15. The van der Waals surface area contributed by atoms with Gasteiger partial charge in [-0.1, -0.05) is 0 Å². The Hall–Kier alpha value is -1.99. The van der Waals surface area contributed by atoms with Gasteiger partial charge >= 0.3 is 6.03 Å². The predicted octanol–water partition coefficient (Wildman–Crippen LogP) is 0.879. The van der Waals surface area contributed by atoms with Gasteiger partial charge in [-0.3, -0.25) is 0 Å². The van der Waals surface area contributed by atoms with Gasteiger partial charge < -0.3 is 29.5 Å². The average molecular weight is 336 g/mol. The minimum atomic E-state index is -1.09. The van der Waals surface area contributed by atoms with Crippen molar-refractivity contribution in [1.29, 1.82) is 0 Å². The number of urea groups is 1. The molecule has 1 saturated heterocycles. The maximum Gasteiger partial charge on any atom is 0.317 e. The second-order valence-corrected chi connectivity index (χ2v) is 6.15. The van der Waals surface area contributed by atoms with Gasteiger partial charge in [0.25, 0.3) is 0 Å². The molecule has 0 aromatic heterocycles. The van der Waals surface area contributed by atoms with Crippen molar-refractivity contribution in [2.45, 2.75) is 18.4 Å². The van der Waals surface area contributed by atoms with Crippen LogP contribution in [0, 0.1) is 0 Å². The average Bonchev–Trinajstić information content (AvgIpc) is 2.95. The minimum absolute atomic E-state index is 0.166. The Morgan fingerprint density at radius 2 is 1.96 bits per heavy atom. The SMILES string of the molecule is COc1cc2c(cc1OC)C(O)(CNC(=O)N1CCOCC1)CC2. The lowest BCUT2D eigenvalue weighted by Gasteiger charge is -2.30. The quantitative estimate of drug-likeness (QED) is 0.853. The number of morpholine rings is 1. The van der Waals surface area contributed by atoms with E-state index >= 15 is 0 Å². The lowest BCUT2D eigenvalue weighted by atomic mass is 9.95. The molecule has 1 heterocycles. The number of hydrogen-bond donors (Lipinski definition) is 2. The highest BCUT2D eigenvalue weighted by molar-refractivity contribution is 5.74. The number of nitrogens with one attached hydrogen (secondary N) is 1. The van der Waals surface area contributed by atoms with E-state index < -0.39 is 5.60 Å². The number of aliphatic hydroxyl groups is 1. The molecule has 2 N–H and O–H groups in total. The van der Waals surface area contributed by atoms with Crippen LogP contribution in [-0.4, -0.2) is 63.1 Å². The lowest BCUT2D eigenvalue weighted by molar-refractivity contribution is 0.0324. The van der Waals surface area contributed by atoms with Crippen LogP contribution in [0.5, 0.6) is 11.5 Å². The summed E-state index contributed by atoms with van der Waals surface area (Å²) in [7, 11) is 3.16. The van der Waals surface area contributed by atoms with E-state index in [1.165, 1.54) is 0 Å². The van der Waals surface area contributed by atoms with Crippen molar-refractivity contribution in [3.8, 4) is 11.5 Å². The zero-order chi connectivity index (χ0) is 17.2. The van der Waals surface area contributed by atoms with Gasteiger partial charge in [0.15, 0.2) is 11.5 Å². The summed E-state index contributed by atoms with van der Waals surface area (Å²) in [5.74, 6) is 1.23. The summed E-state index contributed by atoms with van der Waals surface area (Å²) >= 11 is 0. The van der Waals surface area contributed by atoms with Crippen molar-refractivity contribution >= 4 is 6.03 Å². The molecular weight excluding hydrogens is 312 g/mol. The van der Waals surface area contributed by atoms with Crippen molar-refractivity contribution in [3.05, 3.63) is 23.3 Å². The molecule has 0 radical (unpaired) electrons. The molecule has 24 heavy (non-hydrogen) atoms. The zero-order valence-corrected chi connectivity index (χ0v) is 14.1. The maximum atomic E-state index is 12.2. The first-order valence-corrected chi connectivity index (χ1v) is 8.15. The molecule has 7 heteroatoms. The second kappa shape index (κ2) is 6.86. The second-order valence-electron chi connectivity index (χ2n) is 6.15. The van der Waals surface area contributed by atoms with E-state index in [9.17, 15) is 9.90 Å². The van der Waals surface area contributed by atoms with Gasteiger partial charge in [-0.25, -0.2) is 4.79 Å². The third kappa shape index (κ3) is 3.14. The molecule has 1 fully saturated rings. The maximum absolute atomic E-state index is 12.2. The first-order chi connectivity index (χ1) is 11.6. The van der Waals surface area contributed by atoms with Gasteiger partial charge in [-0.2, -0.15) is 0 Å². The van der Waals surface area contributed by atoms with Crippen LogP contribution in [0.3, 0.4) is 0 Å². The molecule has 1 aromatic rings. The van der Waals surface area contributed by atoms with Crippen LogP contribution in [0.1, 0.15) is 17.5 Å². The number of rotatable bonds is 4. The monoisotopic (exact) mass is 336 g/mol. The van der Waals surface area contributed by atoms with E-state index in [2.05, 4.69) is 5.32 Å². The highest BCUT2D eigenvalue weighted by atomic mass is 16.5. The molecule has 132 valence electrons. The van der Waals surface area contributed by atoms with E-state index in [1.54, 1.807) is 19.1 Å². The number of hydrogen-bond acceptors (Lipinski definition) is 5.